The minimum Gasteiger partial charge on any atom is -0.382 e. The van der Waals surface area contributed by atoms with Crippen LogP contribution in [0.4, 0.5) is 0 Å². The average molecular weight is 403 g/mol. The fraction of sp³-hybridized carbons (Fsp3) is 0.375. The molecule has 3 aromatic rings. The normalized spacial score (nSPS) is 23.6. The Labute approximate surface area is 174 Å². The molecule has 1 unspecified atom stereocenters. The van der Waals surface area contributed by atoms with Gasteiger partial charge in [-0.3, -0.25) is 9.59 Å². The van der Waals surface area contributed by atoms with Crippen LogP contribution >= 0.6 is 0 Å². The number of fused-ring (bicyclic) bond motifs is 3. The molecule has 2 aromatic carbocycles. The van der Waals surface area contributed by atoms with E-state index in [1.807, 2.05) is 36.4 Å². The second-order valence-electron chi connectivity index (χ2n) is 8.64. The Bertz CT molecular complexity index is 1140. The van der Waals surface area contributed by atoms with Crippen LogP contribution in [0.3, 0.4) is 0 Å². The van der Waals surface area contributed by atoms with Gasteiger partial charge in [-0.15, -0.1) is 9.89 Å². The van der Waals surface area contributed by atoms with Crippen molar-refractivity contribution in [3.63, 3.8) is 0 Å². The van der Waals surface area contributed by atoms with Crippen molar-refractivity contribution < 1.29 is 9.90 Å². The molecule has 0 spiro atoms. The highest BCUT2D eigenvalue weighted by atomic mass is 16.3. The topological polar surface area (TPSA) is 84.2 Å². The summed E-state index contributed by atoms with van der Waals surface area (Å²) in [6, 6.07) is 16.2. The molecule has 2 aliphatic rings. The molecular formula is C24H25N3O3. The zero-order chi connectivity index (χ0) is 20.7. The van der Waals surface area contributed by atoms with E-state index in [4.69, 9.17) is 0 Å². The van der Waals surface area contributed by atoms with E-state index in [0.717, 1.165) is 17.1 Å². The Balaban J connectivity index is 1.47. The maximum atomic E-state index is 12.9. The smallest absolute Gasteiger partial charge is 0.294 e. The van der Waals surface area contributed by atoms with Crippen LogP contribution in [0.25, 0.3) is 10.8 Å². The highest BCUT2D eigenvalue weighted by Crippen LogP contribution is 2.49. The van der Waals surface area contributed by atoms with Crippen LogP contribution in [-0.4, -0.2) is 20.9 Å². The first-order valence-electron chi connectivity index (χ1n) is 10.6. The largest absolute Gasteiger partial charge is 0.382 e. The van der Waals surface area contributed by atoms with Gasteiger partial charge in [0.05, 0.1) is 5.39 Å². The first-order chi connectivity index (χ1) is 14.6. The summed E-state index contributed by atoms with van der Waals surface area (Å²) >= 11 is 0. The van der Waals surface area contributed by atoms with Gasteiger partial charge in [-0.2, -0.15) is 0 Å². The predicted molar refractivity (Wildman–Crippen MR) is 114 cm³/mol. The van der Waals surface area contributed by atoms with Gasteiger partial charge < -0.3 is 5.11 Å². The molecule has 0 saturated heterocycles. The van der Waals surface area contributed by atoms with Crippen LogP contribution in [-0.2, 0) is 4.79 Å². The van der Waals surface area contributed by atoms with Gasteiger partial charge >= 0.3 is 0 Å². The van der Waals surface area contributed by atoms with Crippen molar-refractivity contribution >= 4 is 16.7 Å². The highest BCUT2D eigenvalue weighted by molar-refractivity contribution is 5.86. The van der Waals surface area contributed by atoms with Gasteiger partial charge in [0.2, 0.25) is 5.91 Å². The number of rotatable bonds is 5. The third-order valence-electron chi connectivity index (χ3n) is 6.77. The molecule has 2 N–H and O–H groups in total. The van der Waals surface area contributed by atoms with Crippen molar-refractivity contribution in [1.82, 2.24) is 9.89 Å². The number of amides is 1. The lowest BCUT2D eigenvalue weighted by Gasteiger charge is -2.21. The highest BCUT2D eigenvalue weighted by Gasteiger charge is 2.40. The molecule has 1 amide bonds. The number of benzene rings is 2. The maximum Gasteiger partial charge on any atom is 0.294 e. The lowest BCUT2D eigenvalue weighted by molar-refractivity contribution is -0.118. The molecule has 6 heteroatoms. The zero-order valence-corrected chi connectivity index (χ0v) is 16.7. The van der Waals surface area contributed by atoms with E-state index in [-0.39, 0.29) is 5.91 Å². The van der Waals surface area contributed by atoms with E-state index < -0.39 is 11.7 Å². The number of aliphatic hydroxyl groups excluding tert-OH is 1. The fourth-order valence-corrected chi connectivity index (χ4v) is 5.31. The lowest BCUT2D eigenvalue weighted by Crippen LogP contribution is -2.37. The predicted octanol–water partition coefficient (Wildman–Crippen LogP) is 3.37. The van der Waals surface area contributed by atoms with Crippen molar-refractivity contribution in [3.8, 4) is 0 Å². The summed E-state index contributed by atoms with van der Waals surface area (Å²) in [5.74, 6) is 1.60. The first-order valence-corrected chi connectivity index (χ1v) is 10.6. The number of carbonyl (C=O) groups excluding carboxylic acids is 1. The Morgan fingerprint density at radius 2 is 1.80 bits per heavy atom. The summed E-state index contributed by atoms with van der Waals surface area (Å²) in [6.45, 7) is 0. The maximum absolute atomic E-state index is 12.9. The quantitative estimate of drug-likeness (QED) is 0.684. The number of aromatic nitrogens is 2. The Kier molecular flexibility index (Phi) is 4.87. The van der Waals surface area contributed by atoms with Gasteiger partial charge in [-0.1, -0.05) is 55.0 Å². The standard InChI is InChI=1S/C24H25N3O3/c28-21(14-18-13-15-10-11-17(18)12-15)25-27-24(30)20-9-5-4-8-19(20)22(26-27)23(29)16-6-2-1-3-7-16/h1-9,15,17-18,23,29H,10-14H2,(H,25,28)/t15-,17+,18-,23?/m1/s1. The van der Waals surface area contributed by atoms with E-state index in [2.05, 4.69) is 10.5 Å². The number of hydrogen-bond acceptors (Lipinski definition) is 4. The molecule has 6 nitrogen and oxygen atoms in total. The van der Waals surface area contributed by atoms with Crippen LogP contribution < -0.4 is 11.0 Å². The summed E-state index contributed by atoms with van der Waals surface area (Å²) in [6.07, 6.45) is 4.25. The number of aliphatic hydroxyl groups is 1. The summed E-state index contributed by atoms with van der Waals surface area (Å²) in [5, 5.41) is 16.3. The summed E-state index contributed by atoms with van der Waals surface area (Å²) in [7, 11) is 0. The van der Waals surface area contributed by atoms with Gasteiger partial charge in [-0.25, -0.2) is 5.43 Å². The Hall–Kier alpha value is -2.99. The number of hydrogen-bond donors (Lipinski definition) is 2. The van der Waals surface area contributed by atoms with Crippen molar-refractivity contribution in [2.75, 3.05) is 5.43 Å². The van der Waals surface area contributed by atoms with E-state index in [1.54, 1.807) is 18.2 Å². The zero-order valence-electron chi connectivity index (χ0n) is 16.7. The van der Waals surface area contributed by atoms with E-state index in [0.29, 0.717) is 40.3 Å². The molecule has 0 radical (unpaired) electrons. The Morgan fingerprint density at radius 1 is 1.07 bits per heavy atom. The molecule has 5 rings (SSSR count). The third-order valence-corrected chi connectivity index (χ3v) is 6.77. The van der Waals surface area contributed by atoms with Crippen LogP contribution in [0.2, 0.25) is 0 Å². The number of nitrogens with zero attached hydrogens (tertiary/aromatic N) is 2. The van der Waals surface area contributed by atoms with Crippen molar-refractivity contribution in [2.24, 2.45) is 17.8 Å². The third kappa shape index (κ3) is 3.41. The molecule has 154 valence electrons. The SMILES string of the molecule is O=C(C[C@H]1C[C@@H]2CC[C@H]1C2)Nn1nc(C(O)c2ccccc2)c2ccccc2c1=O. The molecule has 1 aromatic heterocycles. The molecule has 4 atom stereocenters. The molecule has 2 bridgehead atoms. The monoisotopic (exact) mass is 403 g/mol. The van der Waals surface area contributed by atoms with E-state index in [1.165, 1.54) is 19.3 Å². The number of nitrogens with one attached hydrogen (secondary N) is 1. The number of carbonyl (C=O) groups is 1. The second-order valence-corrected chi connectivity index (χ2v) is 8.64. The molecule has 2 saturated carbocycles. The van der Waals surface area contributed by atoms with E-state index >= 15 is 0 Å². The molecule has 2 fully saturated rings. The van der Waals surface area contributed by atoms with Gasteiger partial charge in [0.15, 0.2) is 0 Å². The van der Waals surface area contributed by atoms with Crippen molar-refractivity contribution in [3.05, 3.63) is 76.2 Å². The molecular weight excluding hydrogens is 378 g/mol. The summed E-state index contributed by atoms with van der Waals surface area (Å²) in [4.78, 5) is 26.7. The lowest BCUT2D eigenvalue weighted by atomic mass is 9.86. The Morgan fingerprint density at radius 3 is 2.50 bits per heavy atom. The van der Waals surface area contributed by atoms with Crippen LogP contribution in [0, 0.1) is 17.8 Å². The average Bonchev–Trinajstić information content (AvgIpc) is 3.39. The van der Waals surface area contributed by atoms with Crippen LogP contribution in [0.5, 0.6) is 0 Å². The molecule has 30 heavy (non-hydrogen) atoms. The summed E-state index contributed by atoms with van der Waals surface area (Å²) < 4.78 is 0. The van der Waals surface area contributed by atoms with Crippen LogP contribution in [0.15, 0.2) is 59.4 Å². The van der Waals surface area contributed by atoms with Gasteiger partial charge in [0.25, 0.3) is 5.56 Å². The minimum absolute atomic E-state index is 0.197. The van der Waals surface area contributed by atoms with Gasteiger partial charge in [0.1, 0.15) is 11.8 Å². The summed E-state index contributed by atoms with van der Waals surface area (Å²) in [5.41, 5.74) is 3.30. The molecule has 1 heterocycles. The van der Waals surface area contributed by atoms with Crippen LogP contribution in [0.1, 0.15) is 49.5 Å². The van der Waals surface area contributed by atoms with Gasteiger partial charge in [0, 0.05) is 11.8 Å². The molecule has 0 aliphatic heterocycles. The fourth-order valence-electron chi connectivity index (χ4n) is 5.31. The second kappa shape index (κ2) is 7.69. The van der Waals surface area contributed by atoms with Crippen molar-refractivity contribution in [2.45, 2.75) is 38.2 Å². The first kappa shape index (κ1) is 19.0. The van der Waals surface area contributed by atoms with Crippen molar-refractivity contribution in [1.29, 1.82) is 0 Å². The van der Waals surface area contributed by atoms with E-state index in [9.17, 15) is 14.7 Å². The van der Waals surface area contributed by atoms with Gasteiger partial charge in [-0.05, 0) is 48.6 Å². The minimum atomic E-state index is -1.01. The molecule has 2 aliphatic carbocycles.